The summed E-state index contributed by atoms with van der Waals surface area (Å²) in [5.41, 5.74) is 11.0. The maximum absolute atomic E-state index is 6.09. The van der Waals surface area contributed by atoms with Gasteiger partial charge in [0.25, 0.3) is 0 Å². The van der Waals surface area contributed by atoms with Crippen LogP contribution in [0.5, 0.6) is 0 Å². The van der Waals surface area contributed by atoms with Crippen LogP contribution < -0.4 is 16.0 Å². The second kappa shape index (κ2) is 4.93. The first-order chi connectivity index (χ1) is 11.3. The Kier molecular flexibility index (Phi) is 2.85. The highest BCUT2D eigenvalue weighted by molar-refractivity contribution is 5.74. The van der Waals surface area contributed by atoms with E-state index in [4.69, 9.17) is 5.73 Å². The van der Waals surface area contributed by atoms with Crippen LogP contribution in [0.2, 0.25) is 0 Å². The normalized spacial score (nSPS) is 25.1. The summed E-state index contributed by atoms with van der Waals surface area (Å²) in [6, 6.07) is 9.74. The van der Waals surface area contributed by atoms with Gasteiger partial charge in [-0.15, -0.1) is 0 Å². The van der Waals surface area contributed by atoms with Crippen LogP contribution in [0.15, 0.2) is 24.3 Å². The van der Waals surface area contributed by atoms with Gasteiger partial charge < -0.3 is 16.0 Å². The van der Waals surface area contributed by atoms with Gasteiger partial charge in [-0.25, -0.2) is 4.98 Å². The van der Waals surface area contributed by atoms with Crippen molar-refractivity contribution in [1.82, 2.24) is 15.3 Å². The zero-order chi connectivity index (χ0) is 15.4. The molecule has 5 nitrogen and oxygen atoms in total. The first kappa shape index (κ1) is 13.3. The van der Waals surface area contributed by atoms with Crippen LogP contribution in [0.25, 0.3) is 11.3 Å². The average Bonchev–Trinajstić information content (AvgIpc) is 3.14. The van der Waals surface area contributed by atoms with E-state index in [1.165, 1.54) is 23.1 Å². The van der Waals surface area contributed by atoms with E-state index in [1.807, 2.05) is 0 Å². The molecule has 0 saturated carbocycles. The summed E-state index contributed by atoms with van der Waals surface area (Å²) in [6.45, 7) is 2.09. The van der Waals surface area contributed by atoms with E-state index >= 15 is 0 Å². The number of nitrogen functional groups attached to an aromatic ring is 1. The molecule has 0 amide bonds. The van der Waals surface area contributed by atoms with Crippen molar-refractivity contribution in [1.29, 1.82) is 0 Å². The Morgan fingerprint density at radius 3 is 2.91 bits per heavy atom. The summed E-state index contributed by atoms with van der Waals surface area (Å²) in [6.07, 6.45) is 4.49. The largest absolute Gasteiger partial charge is 0.368 e. The first-order valence-corrected chi connectivity index (χ1v) is 8.54. The third-order valence-electron chi connectivity index (χ3n) is 5.48. The second-order valence-electron chi connectivity index (χ2n) is 6.89. The molecule has 1 aromatic heterocycles. The standard InChI is InChI=1S/C18H21N5/c19-18-21-16-14-6-2-1-4-11(14)5-3-7-15(16)17(22-18)23-10-12-8-13(23)9-20-12/h1-2,4,6,12-13,20H,3,5,7-10H2,(H2,19,21,22)/t12-,13+/m0/s1. The van der Waals surface area contributed by atoms with E-state index in [2.05, 4.69) is 44.5 Å². The molecule has 2 aromatic rings. The number of hydrogen-bond donors (Lipinski definition) is 2. The highest BCUT2D eigenvalue weighted by atomic mass is 15.3. The number of nitrogens with two attached hydrogens (primary N) is 1. The van der Waals surface area contributed by atoms with E-state index in [-0.39, 0.29) is 0 Å². The molecule has 0 unspecified atom stereocenters. The SMILES string of the molecule is Nc1nc2c(c(N3C[C@@H]4C[C@@H]3CN4)n1)CCCc1ccccc1-2. The van der Waals surface area contributed by atoms with Crippen molar-refractivity contribution >= 4 is 11.8 Å². The quantitative estimate of drug-likeness (QED) is 0.840. The van der Waals surface area contributed by atoms with Gasteiger partial charge in [0.15, 0.2) is 0 Å². The van der Waals surface area contributed by atoms with Gasteiger partial charge in [-0.1, -0.05) is 24.3 Å². The molecule has 2 bridgehead atoms. The van der Waals surface area contributed by atoms with Crippen molar-refractivity contribution in [3.63, 3.8) is 0 Å². The fraction of sp³-hybridized carbons (Fsp3) is 0.444. The zero-order valence-corrected chi connectivity index (χ0v) is 13.1. The average molecular weight is 307 g/mol. The molecule has 3 N–H and O–H groups in total. The summed E-state index contributed by atoms with van der Waals surface area (Å²) in [5.74, 6) is 1.48. The molecule has 5 heteroatoms. The number of aryl methyl sites for hydroxylation is 1. The molecule has 0 spiro atoms. The van der Waals surface area contributed by atoms with Gasteiger partial charge in [-0.3, -0.25) is 0 Å². The second-order valence-corrected chi connectivity index (χ2v) is 6.89. The van der Waals surface area contributed by atoms with E-state index in [1.54, 1.807) is 0 Å². The minimum Gasteiger partial charge on any atom is -0.368 e. The molecule has 23 heavy (non-hydrogen) atoms. The molecular formula is C18H21N5. The Morgan fingerprint density at radius 2 is 2.09 bits per heavy atom. The number of anilines is 2. The van der Waals surface area contributed by atoms with Crippen LogP contribution in [-0.4, -0.2) is 35.1 Å². The highest BCUT2D eigenvalue weighted by Gasteiger charge is 2.39. The lowest BCUT2D eigenvalue weighted by Crippen LogP contribution is -2.44. The van der Waals surface area contributed by atoms with Gasteiger partial charge in [0.2, 0.25) is 5.95 Å². The third-order valence-corrected chi connectivity index (χ3v) is 5.48. The molecule has 3 heterocycles. The lowest BCUT2D eigenvalue weighted by Gasteiger charge is -2.30. The van der Waals surface area contributed by atoms with Gasteiger partial charge in [0.1, 0.15) is 5.82 Å². The number of nitrogens with one attached hydrogen (secondary N) is 1. The highest BCUT2D eigenvalue weighted by Crippen LogP contribution is 2.38. The van der Waals surface area contributed by atoms with Crippen molar-refractivity contribution in [2.24, 2.45) is 0 Å². The molecule has 2 saturated heterocycles. The first-order valence-electron chi connectivity index (χ1n) is 8.54. The molecule has 1 aliphatic carbocycles. The molecule has 3 aliphatic rings. The molecule has 1 aromatic carbocycles. The van der Waals surface area contributed by atoms with Crippen LogP contribution in [0.4, 0.5) is 11.8 Å². The van der Waals surface area contributed by atoms with Crippen molar-refractivity contribution in [2.75, 3.05) is 23.7 Å². The predicted molar refractivity (Wildman–Crippen MR) is 91.4 cm³/mol. The van der Waals surface area contributed by atoms with Gasteiger partial charge in [0.05, 0.1) is 5.69 Å². The van der Waals surface area contributed by atoms with Crippen molar-refractivity contribution in [3.8, 4) is 11.3 Å². The van der Waals surface area contributed by atoms with Crippen LogP contribution in [0.3, 0.4) is 0 Å². The summed E-state index contributed by atoms with van der Waals surface area (Å²) >= 11 is 0. The summed E-state index contributed by atoms with van der Waals surface area (Å²) in [5, 5.41) is 3.56. The van der Waals surface area contributed by atoms with Gasteiger partial charge in [-0.2, -0.15) is 4.98 Å². The van der Waals surface area contributed by atoms with E-state index < -0.39 is 0 Å². The summed E-state index contributed by atoms with van der Waals surface area (Å²) in [7, 11) is 0. The van der Waals surface area contributed by atoms with Crippen LogP contribution in [0.1, 0.15) is 24.0 Å². The molecule has 5 rings (SSSR count). The molecular weight excluding hydrogens is 286 g/mol. The van der Waals surface area contributed by atoms with E-state index in [9.17, 15) is 0 Å². The number of fused-ring (bicyclic) bond motifs is 5. The minimum atomic E-state index is 0.395. The van der Waals surface area contributed by atoms with Crippen LogP contribution >= 0.6 is 0 Å². The summed E-state index contributed by atoms with van der Waals surface area (Å²) in [4.78, 5) is 11.8. The number of hydrogen-bond acceptors (Lipinski definition) is 5. The lowest BCUT2D eigenvalue weighted by atomic mass is 10.0. The fourth-order valence-corrected chi connectivity index (χ4v) is 4.42. The molecule has 2 aliphatic heterocycles. The topological polar surface area (TPSA) is 67.1 Å². The monoisotopic (exact) mass is 307 g/mol. The third kappa shape index (κ3) is 2.03. The van der Waals surface area contributed by atoms with E-state index in [0.29, 0.717) is 18.0 Å². The molecule has 2 atom stereocenters. The van der Waals surface area contributed by atoms with E-state index in [0.717, 1.165) is 43.9 Å². The van der Waals surface area contributed by atoms with Gasteiger partial charge in [-0.05, 0) is 31.2 Å². The summed E-state index contributed by atoms with van der Waals surface area (Å²) < 4.78 is 0. The smallest absolute Gasteiger partial charge is 0.222 e. The Labute approximate surface area is 135 Å². The van der Waals surface area contributed by atoms with Crippen molar-refractivity contribution in [3.05, 3.63) is 35.4 Å². The zero-order valence-electron chi connectivity index (χ0n) is 13.1. The molecule has 2 fully saturated rings. The number of nitrogens with zero attached hydrogens (tertiary/aromatic N) is 3. The predicted octanol–water partition coefficient (Wildman–Crippen LogP) is 1.76. The molecule has 0 radical (unpaired) electrons. The van der Waals surface area contributed by atoms with Crippen molar-refractivity contribution in [2.45, 2.75) is 37.8 Å². The number of rotatable bonds is 1. The lowest BCUT2D eigenvalue weighted by molar-refractivity contribution is 0.574. The number of aromatic nitrogens is 2. The minimum absolute atomic E-state index is 0.395. The Bertz CT molecular complexity index is 772. The molecule has 118 valence electrons. The van der Waals surface area contributed by atoms with Gasteiger partial charge >= 0.3 is 0 Å². The maximum atomic E-state index is 6.09. The maximum Gasteiger partial charge on any atom is 0.222 e. The Morgan fingerprint density at radius 1 is 1.17 bits per heavy atom. The van der Waals surface area contributed by atoms with Gasteiger partial charge in [0, 0.05) is 36.3 Å². The Hall–Kier alpha value is -2.14. The number of benzene rings is 1. The van der Waals surface area contributed by atoms with Crippen LogP contribution in [0, 0.1) is 0 Å². The van der Waals surface area contributed by atoms with Crippen LogP contribution in [-0.2, 0) is 12.8 Å². The Balaban J connectivity index is 1.69. The van der Waals surface area contributed by atoms with Crippen molar-refractivity contribution < 1.29 is 0 Å². The fourth-order valence-electron chi connectivity index (χ4n) is 4.42. The number of piperazine rings is 1.